The molecule has 0 nitrogen and oxygen atoms in total. The normalized spacial score (nSPS) is 11.4. The Labute approximate surface area is 117 Å². The first-order valence-electron chi connectivity index (χ1n) is 5.51. The Balaban J connectivity index is 2.34. The second-order valence-electron chi connectivity index (χ2n) is 4.03. The molecule has 0 unspecified atom stereocenters. The number of alkyl halides is 3. The molecule has 0 heterocycles. The molecular formula is C15H10BrF3. The van der Waals surface area contributed by atoms with Crippen molar-refractivity contribution in [1.82, 2.24) is 0 Å². The van der Waals surface area contributed by atoms with Crippen molar-refractivity contribution in [3.8, 4) is 0 Å². The molecule has 0 spiro atoms. The smallest absolute Gasteiger partial charge is 0.166 e. The van der Waals surface area contributed by atoms with E-state index in [2.05, 4.69) is 22.5 Å². The molecule has 0 amide bonds. The summed E-state index contributed by atoms with van der Waals surface area (Å²) in [6, 6.07) is 12.5. The summed E-state index contributed by atoms with van der Waals surface area (Å²) in [7, 11) is 0. The Morgan fingerprint density at radius 1 is 0.947 bits per heavy atom. The topological polar surface area (TPSA) is 0 Å². The highest BCUT2D eigenvalue weighted by atomic mass is 79.9. The maximum absolute atomic E-state index is 12.5. The number of rotatable bonds is 2. The minimum atomic E-state index is -4.31. The van der Waals surface area contributed by atoms with Crippen LogP contribution in [0, 0.1) is 0 Å². The van der Waals surface area contributed by atoms with Gasteiger partial charge in [-0.3, -0.25) is 0 Å². The standard InChI is InChI=1S/C15H10BrF3/c1-10(13-4-2-3-5-14(13)16)11-6-8-12(9-7-11)15(17,18)19/h2-9H,1H2. The lowest BCUT2D eigenvalue weighted by Gasteiger charge is -2.10. The van der Waals surface area contributed by atoms with Crippen LogP contribution in [0.2, 0.25) is 0 Å². The van der Waals surface area contributed by atoms with Gasteiger partial charge in [-0.2, -0.15) is 13.2 Å². The monoisotopic (exact) mass is 326 g/mol. The fourth-order valence-corrected chi connectivity index (χ4v) is 2.25. The summed E-state index contributed by atoms with van der Waals surface area (Å²) in [5, 5.41) is 0. The maximum Gasteiger partial charge on any atom is 0.416 e. The largest absolute Gasteiger partial charge is 0.416 e. The highest BCUT2D eigenvalue weighted by Gasteiger charge is 2.30. The van der Waals surface area contributed by atoms with Crippen molar-refractivity contribution < 1.29 is 13.2 Å². The molecule has 0 saturated carbocycles. The van der Waals surface area contributed by atoms with E-state index >= 15 is 0 Å². The lowest BCUT2D eigenvalue weighted by Crippen LogP contribution is -2.04. The van der Waals surface area contributed by atoms with Crippen molar-refractivity contribution in [2.45, 2.75) is 6.18 Å². The number of benzene rings is 2. The molecule has 0 radical (unpaired) electrons. The highest BCUT2D eigenvalue weighted by molar-refractivity contribution is 9.10. The Hall–Kier alpha value is -1.55. The van der Waals surface area contributed by atoms with Gasteiger partial charge in [0.2, 0.25) is 0 Å². The molecule has 0 aliphatic rings. The van der Waals surface area contributed by atoms with E-state index in [0.29, 0.717) is 11.1 Å². The second-order valence-corrected chi connectivity index (χ2v) is 4.89. The zero-order valence-electron chi connectivity index (χ0n) is 9.84. The van der Waals surface area contributed by atoms with Gasteiger partial charge in [-0.15, -0.1) is 0 Å². The van der Waals surface area contributed by atoms with Crippen LogP contribution in [0.1, 0.15) is 16.7 Å². The van der Waals surface area contributed by atoms with Gasteiger partial charge in [-0.1, -0.05) is 52.8 Å². The molecule has 0 aliphatic heterocycles. The Kier molecular flexibility index (Phi) is 3.80. The minimum Gasteiger partial charge on any atom is -0.166 e. The van der Waals surface area contributed by atoms with Crippen LogP contribution in [0.25, 0.3) is 5.57 Å². The van der Waals surface area contributed by atoms with Crippen molar-refractivity contribution in [3.05, 3.63) is 76.3 Å². The van der Waals surface area contributed by atoms with Gasteiger partial charge < -0.3 is 0 Å². The predicted molar refractivity (Wildman–Crippen MR) is 73.7 cm³/mol. The summed E-state index contributed by atoms with van der Waals surface area (Å²) < 4.78 is 38.3. The summed E-state index contributed by atoms with van der Waals surface area (Å²) in [6.07, 6.45) is -4.31. The van der Waals surface area contributed by atoms with Crippen molar-refractivity contribution in [3.63, 3.8) is 0 Å². The zero-order chi connectivity index (χ0) is 14.0. The van der Waals surface area contributed by atoms with Gasteiger partial charge in [-0.25, -0.2) is 0 Å². The van der Waals surface area contributed by atoms with Crippen molar-refractivity contribution >= 4 is 21.5 Å². The number of hydrogen-bond acceptors (Lipinski definition) is 0. The van der Waals surface area contributed by atoms with E-state index in [4.69, 9.17) is 0 Å². The molecule has 0 atom stereocenters. The van der Waals surface area contributed by atoms with E-state index in [1.54, 1.807) is 0 Å². The third-order valence-corrected chi connectivity index (χ3v) is 3.45. The summed E-state index contributed by atoms with van der Waals surface area (Å²) in [6.45, 7) is 3.94. The van der Waals surface area contributed by atoms with Crippen molar-refractivity contribution in [1.29, 1.82) is 0 Å². The first kappa shape index (κ1) is 13.9. The van der Waals surface area contributed by atoms with Gasteiger partial charge in [0.1, 0.15) is 0 Å². The predicted octanol–water partition coefficient (Wildman–Crippen LogP) is 5.53. The van der Waals surface area contributed by atoms with Crippen LogP contribution in [0.4, 0.5) is 13.2 Å². The van der Waals surface area contributed by atoms with Crippen LogP contribution in [0.15, 0.2) is 59.6 Å². The summed E-state index contributed by atoms with van der Waals surface area (Å²) in [4.78, 5) is 0. The Morgan fingerprint density at radius 2 is 1.53 bits per heavy atom. The van der Waals surface area contributed by atoms with E-state index in [9.17, 15) is 13.2 Å². The van der Waals surface area contributed by atoms with Gasteiger partial charge in [0, 0.05) is 4.47 Å². The highest BCUT2D eigenvalue weighted by Crippen LogP contribution is 2.32. The van der Waals surface area contributed by atoms with E-state index in [0.717, 1.165) is 22.2 Å². The molecular weight excluding hydrogens is 317 g/mol. The fraction of sp³-hybridized carbons (Fsp3) is 0.0667. The quantitative estimate of drug-likeness (QED) is 0.680. The SMILES string of the molecule is C=C(c1ccc(C(F)(F)F)cc1)c1ccccc1Br. The van der Waals surface area contributed by atoms with Gasteiger partial charge in [0.15, 0.2) is 0 Å². The van der Waals surface area contributed by atoms with E-state index in [1.807, 2.05) is 24.3 Å². The average Bonchev–Trinajstić information content (AvgIpc) is 2.38. The van der Waals surface area contributed by atoms with Gasteiger partial charge >= 0.3 is 6.18 Å². The van der Waals surface area contributed by atoms with Gasteiger partial charge in [0.05, 0.1) is 5.56 Å². The molecule has 19 heavy (non-hydrogen) atoms. The lowest BCUT2D eigenvalue weighted by molar-refractivity contribution is -0.137. The second kappa shape index (κ2) is 5.21. The van der Waals surface area contributed by atoms with E-state index < -0.39 is 11.7 Å². The number of hydrogen-bond donors (Lipinski definition) is 0. The maximum atomic E-state index is 12.5. The van der Waals surface area contributed by atoms with Crippen molar-refractivity contribution in [2.24, 2.45) is 0 Å². The summed E-state index contributed by atoms with van der Waals surface area (Å²) >= 11 is 3.40. The molecule has 98 valence electrons. The summed E-state index contributed by atoms with van der Waals surface area (Å²) in [5.41, 5.74) is 1.56. The minimum absolute atomic E-state index is 0.656. The molecule has 0 N–H and O–H groups in total. The average molecular weight is 327 g/mol. The van der Waals surface area contributed by atoms with Crippen LogP contribution in [-0.4, -0.2) is 0 Å². The van der Waals surface area contributed by atoms with Crippen LogP contribution in [0.3, 0.4) is 0 Å². The summed E-state index contributed by atoms with van der Waals surface area (Å²) in [5.74, 6) is 0. The molecule has 0 fully saturated rings. The van der Waals surface area contributed by atoms with E-state index in [-0.39, 0.29) is 0 Å². The number of halogens is 4. The van der Waals surface area contributed by atoms with Gasteiger partial charge in [0.25, 0.3) is 0 Å². The Morgan fingerprint density at radius 3 is 2.05 bits per heavy atom. The third-order valence-electron chi connectivity index (χ3n) is 2.76. The molecule has 0 aromatic heterocycles. The molecule has 2 rings (SSSR count). The molecule has 0 aliphatic carbocycles. The zero-order valence-corrected chi connectivity index (χ0v) is 11.4. The Bertz CT molecular complexity index is 598. The van der Waals surface area contributed by atoms with E-state index in [1.165, 1.54) is 12.1 Å². The van der Waals surface area contributed by atoms with Crippen molar-refractivity contribution in [2.75, 3.05) is 0 Å². The molecule has 2 aromatic carbocycles. The van der Waals surface area contributed by atoms with Gasteiger partial charge in [-0.05, 0) is 34.9 Å². The first-order chi connectivity index (χ1) is 8.89. The molecule has 2 aromatic rings. The molecule has 0 bridgehead atoms. The molecule has 0 saturated heterocycles. The van der Waals surface area contributed by atoms with Crippen LogP contribution in [-0.2, 0) is 6.18 Å². The van der Waals surface area contributed by atoms with Crippen LogP contribution < -0.4 is 0 Å². The van der Waals surface area contributed by atoms with Crippen LogP contribution in [0.5, 0.6) is 0 Å². The lowest BCUT2D eigenvalue weighted by atomic mass is 9.98. The first-order valence-corrected chi connectivity index (χ1v) is 6.30. The fourth-order valence-electron chi connectivity index (χ4n) is 1.72. The molecule has 4 heteroatoms. The third kappa shape index (κ3) is 3.07. The van der Waals surface area contributed by atoms with Crippen LogP contribution >= 0.6 is 15.9 Å².